The van der Waals surface area contributed by atoms with Crippen molar-refractivity contribution in [2.45, 2.75) is 38.8 Å². The van der Waals surface area contributed by atoms with E-state index in [0.717, 1.165) is 19.4 Å². The largest absolute Gasteiger partial charge is 0.379 e. The van der Waals surface area contributed by atoms with Crippen molar-refractivity contribution >= 4 is 5.91 Å². The monoisotopic (exact) mass is 226 g/mol. The molecule has 92 valence electrons. The molecule has 4 heteroatoms. The van der Waals surface area contributed by atoms with Gasteiger partial charge in [-0.15, -0.1) is 0 Å². The summed E-state index contributed by atoms with van der Waals surface area (Å²) in [6, 6.07) is 0.293. The van der Waals surface area contributed by atoms with Gasteiger partial charge in [-0.2, -0.15) is 0 Å². The Morgan fingerprint density at radius 3 is 2.75 bits per heavy atom. The van der Waals surface area contributed by atoms with Crippen molar-refractivity contribution in [3.8, 4) is 0 Å². The fraction of sp³-hybridized carbons (Fsp3) is 0.917. The molecule has 2 fully saturated rings. The van der Waals surface area contributed by atoms with Crippen LogP contribution < -0.4 is 5.73 Å². The zero-order valence-corrected chi connectivity index (χ0v) is 10.2. The van der Waals surface area contributed by atoms with E-state index in [1.165, 1.54) is 0 Å². The van der Waals surface area contributed by atoms with Gasteiger partial charge in [-0.25, -0.2) is 0 Å². The van der Waals surface area contributed by atoms with E-state index in [1.54, 1.807) is 0 Å². The van der Waals surface area contributed by atoms with Gasteiger partial charge in [0.15, 0.2) is 0 Å². The molecule has 0 aromatic rings. The van der Waals surface area contributed by atoms with Crippen molar-refractivity contribution in [1.82, 2.24) is 4.90 Å². The molecule has 2 saturated heterocycles. The summed E-state index contributed by atoms with van der Waals surface area (Å²) in [4.78, 5) is 14.4. The van der Waals surface area contributed by atoms with Gasteiger partial charge in [-0.05, 0) is 18.8 Å². The van der Waals surface area contributed by atoms with Crippen LogP contribution in [-0.2, 0) is 9.53 Å². The average Bonchev–Trinajstić information content (AvgIpc) is 2.84. The Kier molecular flexibility index (Phi) is 3.50. The maximum absolute atomic E-state index is 12.3. The Balaban J connectivity index is 2.03. The number of nitrogens with two attached hydrogens (primary N) is 1. The minimum atomic E-state index is -0.112. The number of ether oxygens (including phenoxy) is 1. The molecule has 2 aliphatic rings. The first-order valence-corrected chi connectivity index (χ1v) is 6.25. The molecule has 0 spiro atoms. The SMILES string of the molecule is CC(C)C1CCCN1C(=O)C1COCC1N. The maximum Gasteiger partial charge on any atom is 0.229 e. The predicted molar refractivity (Wildman–Crippen MR) is 61.9 cm³/mol. The van der Waals surface area contributed by atoms with Gasteiger partial charge in [-0.1, -0.05) is 13.8 Å². The third-order valence-corrected chi connectivity index (χ3v) is 3.79. The molecule has 3 unspecified atom stereocenters. The van der Waals surface area contributed by atoms with E-state index in [-0.39, 0.29) is 17.9 Å². The molecule has 2 aliphatic heterocycles. The standard InChI is InChI=1S/C12H22N2O2/c1-8(2)11-4-3-5-14(11)12(15)9-6-16-7-10(9)13/h8-11H,3-7,13H2,1-2H3. The summed E-state index contributed by atoms with van der Waals surface area (Å²) >= 11 is 0. The Hall–Kier alpha value is -0.610. The van der Waals surface area contributed by atoms with Gasteiger partial charge >= 0.3 is 0 Å². The summed E-state index contributed by atoms with van der Waals surface area (Å²) in [5.74, 6) is 0.630. The van der Waals surface area contributed by atoms with Crippen molar-refractivity contribution < 1.29 is 9.53 Å². The maximum atomic E-state index is 12.3. The van der Waals surface area contributed by atoms with Crippen LogP contribution in [0, 0.1) is 11.8 Å². The van der Waals surface area contributed by atoms with Crippen molar-refractivity contribution in [2.24, 2.45) is 17.6 Å². The molecule has 2 N–H and O–H groups in total. The summed E-state index contributed by atoms with van der Waals surface area (Å²) in [6.45, 7) is 6.28. The third kappa shape index (κ3) is 2.09. The van der Waals surface area contributed by atoms with E-state index in [4.69, 9.17) is 10.5 Å². The molecule has 0 aromatic heterocycles. The first-order chi connectivity index (χ1) is 7.61. The van der Waals surface area contributed by atoms with E-state index in [1.807, 2.05) is 4.90 Å². The van der Waals surface area contributed by atoms with Gasteiger partial charge in [0.05, 0.1) is 19.1 Å². The third-order valence-electron chi connectivity index (χ3n) is 3.79. The number of hydrogen-bond acceptors (Lipinski definition) is 3. The fourth-order valence-corrected chi connectivity index (χ4v) is 2.80. The quantitative estimate of drug-likeness (QED) is 0.750. The van der Waals surface area contributed by atoms with Gasteiger partial charge < -0.3 is 15.4 Å². The first kappa shape index (κ1) is 11.9. The van der Waals surface area contributed by atoms with Crippen LogP contribution in [0.3, 0.4) is 0 Å². The molecule has 1 amide bonds. The molecule has 0 aromatic carbocycles. The highest BCUT2D eigenvalue weighted by molar-refractivity contribution is 5.80. The summed E-state index contributed by atoms with van der Waals surface area (Å²) in [7, 11) is 0. The van der Waals surface area contributed by atoms with Gasteiger partial charge in [0.1, 0.15) is 0 Å². The number of rotatable bonds is 2. The van der Waals surface area contributed by atoms with Crippen LogP contribution in [0.5, 0.6) is 0 Å². The number of hydrogen-bond donors (Lipinski definition) is 1. The smallest absolute Gasteiger partial charge is 0.229 e. The second kappa shape index (κ2) is 4.72. The Morgan fingerprint density at radius 1 is 1.44 bits per heavy atom. The second-order valence-corrected chi connectivity index (χ2v) is 5.29. The molecule has 0 aliphatic carbocycles. The Labute approximate surface area is 97.1 Å². The fourth-order valence-electron chi connectivity index (χ4n) is 2.80. The van der Waals surface area contributed by atoms with Crippen molar-refractivity contribution in [2.75, 3.05) is 19.8 Å². The Bertz CT molecular complexity index is 268. The zero-order chi connectivity index (χ0) is 11.7. The van der Waals surface area contributed by atoms with Crippen LogP contribution in [0.2, 0.25) is 0 Å². The molecule has 2 rings (SSSR count). The lowest BCUT2D eigenvalue weighted by atomic mass is 9.98. The highest BCUT2D eigenvalue weighted by Crippen LogP contribution is 2.27. The molecule has 2 heterocycles. The van der Waals surface area contributed by atoms with E-state index in [2.05, 4.69) is 13.8 Å². The van der Waals surface area contributed by atoms with Crippen molar-refractivity contribution in [3.05, 3.63) is 0 Å². The van der Waals surface area contributed by atoms with Gasteiger partial charge in [0, 0.05) is 18.6 Å². The van der Waals surface area contributed by atoms with Crippen LogP contribution in [0.1, 0.15) is 26.7 Å². The van der Waals surface area contributed by atoms with Crippen LogP contribution in [0.25, 0.3) is 0 Å². The average molecular weight is 226 g/mol. The van der Waals surface area contributed by atoms with Crippen LogP contribution >= 0.6 is 0 Å². The summed E-state index contributed by atoms with van der Waals surface area (Å²) in [5, 5.41) is 0. The van der Waals surface area contributed by atoms with E-state index >= 15 is 0 Å². The number of carbonyl (C=O) groups is 1. The topological polar surface area (TPSA) is 55.6 Å². The molecule has 3 atom stereocenters. The van der Waals surface area contributed by atoms with Gasteiger partial charge in [0.25, 0.3) is 0 Å². The van der Waals surface area contributed by atoms with Crippen molar-refractivity contribution in [1.29, 1.82) is 0 Å². The zero-order valence-electron chi connectivity index (χ0n) is 10.2. The molecule has 0 radical (unpaired) electrons. The van der Waals surface area contributed by atoms with E-state index in [0.29, 0.717) is 25.2 Å². The van der Waals surface area contributed by atoms with Crippen LogP contribution in [-0.4, -0.2) is 42.6 Å². The predicted octanol–water partition coefficient (Wildman–Crippen LogP) is 0.607. The minimum absolute atomic E-state index is 0.110. The Morgan fingerprint density at radius 2 is 2.19 bits per heavy atom. The van der Waals surface area contributed by atoms with Crippen LogP contribution in [0.4, 0.5) is 0 Å². The number of likely N-dealkylation sites (tertiary alicyclic amines) is 1. The van der Waals surface area contributed by atoms with Gasteiger partial charge in [0.2, 0.25) is 5.91 Å². The van der Waals surface area contributed by atoms with Crippen molar-refractivity contribution in [3.63, 3.8) is 0 Å². The molecule has 0 saturated carbocycles. The summed E-state index contributed by atoms with van der Waals surface area (Å²) in [5.41, 5.74) is 5.90. The minimum Gasteiger partial charge on any atom is -0.379 e. The molecule has 16 heavy (non-hydrogen) atoms. The van der Waals surface area contributed by atoms with Crippen LogP contribution in [0.15, 0.2) is 0 Å². The number of carbonyl (C=O) groups excluding carboxylic acids is 1. The number of nitrogens with zero attached hydrogens (tertiary/aromatic N) is 1. The summed E-state index contributed by atoms with van der Waals surface area (Å²) < 4.78 is 5.27. The molecule has 0 bridgehead atoms. The lowest BCUT2D eigenvalue weighted by molar-refractivity contribution is -0.137. The van der Waals surface area contributed by atoms with E-state index < -0.39 is 0 Å². The lowest BCUT2D eigenvalue weighted by Crippen LogP contribution is -2.46. The van der Waals surface area contributed by atoms with Gasteiger partial charge in [-0.3, -0.25) is 4.79 Å². The normalized spacial score (nSPS) is 35.0. The molecular formula is C12H22N2O2. The first-order valence-electron chi connectivity index (χ1n) is 6.25. The highest BCUT2D eigenvalue weighted by Gasteiger charge is 2.39. The number of amides is 1. The second-order valence-electron chi connectivity index (χ2n) is 5.29. The summed E-state index contributed by atoms with van der Waals surface area (Å²) in [6.07, 6.45) is 2.25. The highest BCUT2D eigenvalue weighted by atomic mass is 16.5. The lowest BCUT2D eigenvalue weighted by Gasteiger charge is -2.30. The van der Waals surface area contributed by atoms with E-state index in [9.17, 15) is 4.79 Å². The molecular weight excluding hydrogens is 204 g/mol. The molecule has 4 nitrogen and oxygen atoms in total.